The van der Waals surface area contributed by atoms with Gasteiger partial charge in [-0.25, -0.2) is 0 Å². The van der Waals surface area contributed by atoms with Crippen molar-refractivity contribution < 1.29 is 9.59 Å². The van der Waals surface area contributed by atoms with Crippen molar-refractivity contribution in [2.24, 2.45) is 0 Å². The van der Waals surface area contributed by atoms with Crippen molar-refractivity contribution in [3.63, 3.8) is 0 Å². The van der Waals surface area contributed by atoms with E-state index in [1.54, 1.807) is 0 Å². The summed E-state index contributed by atoms with van der Waals surface area (Å²) >= 11 is 0. The lowest BCUT2D eigenvalue weighted by molar-refractivity contribution is -0.120. The molecule has 0 saturated carbocycles. The average molecular weight is 487 g/mol. The van der Waals surface area contributed by atoms with Crippen LogP contribution in [0.5, 0.6) is 0 Å². The Morgan fingerprint density at radius 1 is 0.833 bits per heavy atom. The first-order valence-corrected chi connectivity index (χ1v) is 13.5. The van der Waals surface area contributed by atoms with Crippen LogP contribution in [-0.4, -0.2) is 22.9 Å². The third-order valence-electron chi connectivity index (χ3n) is 8.00. The Morgan fingerprint density at radius 3 is 2.08 bits per heavy atom. The molecule has 4 nitrogen and oxygen atoms in total. The minimum Gasteiger partial charge on any atom is -0.307 e. The quantitative estimate of drug-likeness (QED) is 0.436. The van der Waals surface area contributed by atoms with Gasteiger partial charge in [0.05, 0.1) is 11.2 Å². The van der Waals surface area contributed by atoms with Crippen LogP contribution in [0.1, 0.15) is 104 Å². The van der Waals surface area contributed by atoms with E-state index in [9.17, 15) is 9.59 Å². The molecule has 2 amide bonds. The molecule has 4 rings (SSSR count). The fourth-order valence-corrected chi connectivity index (χ4v) is 6.71. The molecule has 2 aliphatic rings. The summed E-state index contributed by atoms with van der Waals surface area (Å²) in [5.41, 5.74) is 5.76. The van der Waals surface area contributed by atoms with Gasteiger partial charge in [0, 0.05) is 35.0 Å². The number of allylic oxidation sites excluding steroid dienone is 1. The average Bonchev–Trinajstić information content (AvgIpc) is 2.78. The summed E-state index contributed by atoms with van der Waals surface area (Å²) in [6, 6.07) is 15.0. The Balaban J connectivity index is 1.88. The zero-order valence-electron chi connectivity index (χ0n) is 23.4. The maximum absolute atomic E-state index is 13.3. The van der Waals surface area contributed by atoms with Crippen LogP contribution in [0.2, 0.25) is 0 Å². The zero-order chi connectivity index (χ0) is 26.5. The molecule has 0 spiro atoms. The third-order valence-corrected chi connectivity index (χ3v) is 8.00. The number of anilines is 2. The van der Waals surface area contributed by atoms with E-state index in [0.717, 1.165) is 36.2 Å². The maximum Gasteiger partial charge on any atom is 0.227 e. The van der Waals surface area contributed by atoms with Crippen LogP contribution in [0.3, 0.4) is 0 Å². The van der Waals surface area contributed by atoms with Crippen molar-refractivity contribution in [1.29, 1.82) is 0 Å². The summed E-state index contributed by atoms with van der Waals surface area (Å²) in [5.74, 6) is 0.356. The van der Waals surface area contributed by atoms with E-state index in [4.69, 9.17) is 0 Å². The van der Waals surface area contributed by atoms with Gasteiger partial charge in [0.2, 0.25) is 11.8 Å². The molecule has 0 fully saturated rings. The van der Waals surface area contributed by atoms with E-state index in [2.05, 4.69) is 97.9 Å². The molecule has 0 aromatic heterocycles. The molecule has 2 heterocycles. The van der Waals surface area contributed by atoms with Gasteiger partial charge >= 0.3 is 0 Å². The number of amides is 2. The van der Waals surface area contributed by atoms with Crippen molar-refractivity contribution >= 4 is 28.8 Å². The Bertz CT molecular complexity index is 1220. The molecule has 36 heavy (non-hydrogen) atoms. The molecule has 192 valence electrons. The Hall–Kier alpha value is -2.88. The standard InChI is InChI=1S/C32H42N2O2/c1-9-13-28(35)33-26-18-17-23(19-24(26)22(3)20-30(33,4)5)32(8)21-31(6,7)34(29(36)14-10-2)27-16-12-11-15-25(27)32/h11-12,15-20H,9-10,13-14,21H2,1-8H3/t32-/m0/s1. The predicted octanol–water partition coefficient (Wildman–Crippen LogP) is 7.64. The highest BCUT2D eigenvalue weighted by molar-refractivity contribution is 6.01. The summed E-state index contributed by atoms with van der Waals surface area (Å²) in [6.07, 6.45) is 5.80. The van der Waals surface area contributed by atoms with E-state index in [1.165, 1.54) is 16.7 Å². The molecule has 2 aromatic rings. The van der Waals surface area contributed by atoms with Gasteiger partial charge in [0.15, 0.2) is 0 Å². The number of rotatable bonds is 5. The lowest BCUT2D eigenvalue weighted by Gasteiger charge is -2.51. The molecule has 0 saturated heterocycles. The van der Waals surface area contributed by atoms with Crippen LogP contribution in [0.4, 0.5) is 11.4 Å². The van der Waals surface area contributed by atoms with Crippen LogP contribution in [0, 0.1) is 0 Å². The fraction of sp³-hybridized carbons (Fsp3) is 0.500. The van der Waals surface area contributed by atoms with E-state index in [-0.39, 0.29) is 28.3 Å². The number of carbonyl (C=O) groups excluding carboxylic acids is 2. The number of nitrogens with zero attached hydrogens (tertiary/aromatic N) is 2. The number of hydrogen-bond acceptors (Lipinski definition) is 2. The van der Waals surface area contributed by atoms with E-state index >= 15 is 0 Å². The first kappa shape index (κ1) is 26.2. The summed E-state index contributed by atoms with van der Waals surface area (Å²) in [4.78, 5) is 30.5. The Kier molecular flexibility index (Phi) is 6.70. The molecule has 4 heteroatoms. The predicted molar refractivity (Wildman–Crippen MR) is 151 cm³/mol. The minimum atomic E-state index is -0.367. The molecule has 2 aliphatic heterocycles. The van der Waals surface area contributed by atoms with Gasteiger partial charge in [0.1, 0.15) is 0 Å². The molecule has 1 atom stereocenters. The van der Waals surface area contributed by atoms with Crippen LogP contribution < -0.4 is 9.80 Å². The molecule has 2 aromatic carbocycles. The first-order valence-electron chi connectivity index (χ1n) is 13.5. The van der Waals surface area contributed by atoms with Gasteiger partial charge in [-0.05, 0) is 88.8 Å². The minimum absolute atomic E-state index is 0.167. The summed E-state index contributed by atoms with van der Waals surface area (Å²) in [7, 11) is 0. The van der Waals surface area contributed by atoms with E-state index in [1.807, 2.05) is 15.9 Å². The molecule has 0 bridgehead atoms. The number of benzene rings is 2. The number of fused-ring (bicyclic) bond motifs is 2. The van der Waals surface area contributed by atoms with Crippen LogP contribution in [0.15, 0.2) is 48.5 Å². The normalized spacial score (nSPS) is 21.9. The van der Waals surface area contributed by atoms with Gasteiger partial charge in [-0.2, -0.15) is 0 Å². The fourth-order valence-electron chi connectivity index (χ4n) is 6.71. The number of hydrogen-bond donors (Lipinski definition) is 0. The lowest BCUT2D eigenvalue weighted by atomic mass is 9.64. The van der Waals surface area contributed by atoms with E-state index < -0.39 is 0 Å². The number of para-hydroxylation sites is 1. The zero-order valence-corrected chi connectivity index (χ0v) is 23.4. The van der Waals surface area contributed by atoms with Crippen molar-refractivity contribution in [3.05, 3.63) is 65.2 Å². The SMILES string of the molecule is CCCC(=O)N1c2ccc([C@]3(C)CC(C)(C)N(C(=O)CCC)c4ccccc43)cc2C(C)=CC1(C)C. The molecular weight excluding hydrogens is 444 g/mol. The Morgan fingerprint density at radius 2 is 1.44 bits per heavy atom. The smallest absolute Gasteiger partial charge is 0.227 e. The molecule has 0 aliphatic carbocycles. The summed E-state index contributed by atoms with van der Waals surface area (Å²) in [6.45, 7) is 17.2. The third kappa shape index (κ3) is 4.19. The topological polar surface area (TPSA) is 40.6 Å². The number of carbonyl (C=O) groups is 2. The molecule has 0 N–H and O–H groups in total. The largest absolute Gasteiger partial charge is 0.307 e. The van der Waals surface area contributed by atoms with Crippen molar-refractivity contribution in [1.82, 2.24) is 0 Å². The van der Waals surface area contributed by atoms with Crippen molar-refractivity contribution in [3.8, 4) is 0 Å². The second kappa shape index (κ2) is 9.21. The highest BCUT2D eigenvalue weighted by Gasteiger charge is 2.48. The highest BCUT2D eigenvalue weighted by Crippen LogP contribution is 2.52. The second-order valence-corrected chi connectivity index (χ2v) is 12.0. The van der Waals surface area contributed by atoms with Gasteiger partial charge in [-0.15, -0.1) is 0 Å². The Labute approximate surface area is 217 Å². The van der Waals surface area contributed by atoms with Crippen LogP contribution in [-0.2, 0) is 15.0 Å². The van der Waals surface area contributed by atoms with E-state index in [0.29, 0.717) is 12.8 Å². The molecule has 0 radical (unpaired) electrons. The highest BCUT2D eigenvalue weighted by atomic mass is 16.2. The van der Waals surface area contributed by atoms with Gasteiger partial charge in [0.25, 0.3) is 0 Å². The molecular formula is C32H42N2O2. The second-order valence-electron chi connectivity index (χ2n) is 12.0. The van der Waals surface area contributed by atoms with Gasteiger partial charge in [-0.1, -0.05) is 51.1 Å². The monoisotopic (exact) mass is 486 g/mol. The molecule has 0 unspecified atom stereocenters. The van der Waals surface area contributed by atoms with Gasteiger partial charge < -0.3 is 9.80 Å². The summed E-state index contributed by atoms with van der Waals surface area (Å²) in [5, 5.41) is 0. The van der Waals surface area contributed by atoms with Crippen molar-refractivity contribution in [2.45, 2.75) is 104 Å². The maximum atomic E-state index is 13.3. The van der Waals surface area contributed by atoms with Crippen LogP contribution >= 0.6 is 0 Å². The van der Waals surface area contributed by atoms with Crippen LogP contribution in [0.25, 0.3) is 5.57 Å². The van der Waals surface area contributed by atoms with Crippen molar-refractivity contribution in [2.75, 3.05) is 9.80 Å². The first-order chi connectivity index (χ1) is 16.9. The van der Waals surface area contributed by atoms with Gasteiger partial charge in [-0.3, -0.25) is 9.59 Å². The summed E-state index contributed by atoms with van der Waals surface area (Å²) < 4.78 is 0. The lowest BCUT2D eigenvalue weighted by Crippen LogP contribution is -2.55.